The van der Waals surface area contributed by atoms with Crippen LogP contribution >= 0.6 is 11.8 Å². The van der Waals surface area contributed by atoms with Gasteiger partial charge in [0.2, 0.25) is 5.91 Å². The molecule has 0 aliphatic heterocycles. The van der Waals surface area contributed by atoms with E-state index < -0.39 is 0 Å². The van der Waals surface area contributed by atoms with Gasteiger partial charge in [0, 0.05) is 27.8 Å². The van der Waals surface area contributed by atoms with Gasteiger partial charge < -0.3 is 5.32 Å². The van der Waals surface area contributed by atoms with E-state index in [1.165, 1.54) is 4.90 Å². The van der Waals surface area contributed by atoms with Gasteiger partial charge >= 0.3 is 0 Å². The lowest BCUT2D eigenvalue weighted by Crippen LogP contribution is -2.22. The van der Waals surface area contributed by atoms with E-state index in [0.29, 0.717) is 6.04 Å². The molecule has 7 heteroatoms. The molecule has 1 heterocycles. The minimum Gasteiger partial charge on any atom is -0.326 e. The summed E-state index contributed by atoms with van der Waals surface area (Å²) in [5.74, 6) is 1.39. The number of hydrogen-bond donors (Lipinski definition) is 1. The van der Waals surface area contributed by atoms with Crippen molar-refractivity contribution in [2.24, 2.45) is 5.92 Å². The fourth-order valence-corrected chi connectivity index (χ4v) is 3.71. The SMILES string of the molecule is CC(CSc1ccccc1)C(=O)Nc1cccc(-c2nnnn2C2CC2)c1. The number of hydrogen-bond acceptors (Lipinski definition) is 5. The van der Waals surface area contributed by atoms with E-state index in [0.717, 1.165) is 35.7 Å². The van der Waals surface area contributed by atoms with Crippen LogP contribution in [-0.2, 0) is 4.79 Å². The van der Waals surface area contributed by atoms with Gasteiger partial charge in [-0.1, -0.05) is 37.3 Å². The monoisotopic (exact) mass is 379 g/mol. The van der Waals surface area contributed by atoms with Crippen LogP contribution in [0.4, 0.5) is 5.69 Å². The number of aromatic nitrogens is 4. The molecule has 1 saturated carbocycles. The van der Waals surface area contributed by atoms with Gasteiger partial charge in [-0.05, 0) is 47.5 Å². The van der Waals surface area contributed by atoms with Crippen molar-refractivity contribution in [3.63, 3.8) is 0 Å². The molecule has 3 aromatic rings. The summed E-state index contributed by atoms with van der Waals surface area (Å²) in [6, 6.07) is 18.2. The topological polar surface area (TPSA) is 72.7 Å². The Morgan fingerprint density at radius 3 is 2.81 bits per heavy atom. The van der Waals surface area contributed by atoms with Crippen LogP contribution in [0.2, 0.25) is 0 Å². The largest absolute Gasteiger partial charge is 0.326 e. The lowest BCUT2D eigenvalue weighted by molar-refractivity contribution is -0.118. The van der Waals surface area contributed by atoms with Gasteiger partial charge in [0.05, 0.1) is 6.04 Å². The molecule has 27 heavy (non-hydrogen) atoms. The summed E-state index contributed by atoms with van der Waals surface area (Å²) < 4.78 is 1.88. The van der Waals surface area contributed by atoms with Gasteiger partial charge in [-0.3, -0.25) is 4.79 Å². The van der Waals surface area contributed by atoms with Gasteiger partial charge in [-0.15, -0.1) is 16.9 Å². The Hall–Kier alpha value is -2.67. The summed E-state index contributed by atoms with van der Waals surface area (Å²) in [7, 11) is 0. The van der Waals surface area contributed by atoms with Crippen molar-refractivity contribution in [2.45, 2.75) is 30.7 Å². The van der Waals surface area contributed by atoms with E-state index in [-0.39, 0.29) is 11.8 Å². The number of nitrogens with one attached hydrogen (secondary N) is 1. The van der Waals surface area contributed by atoms with E-state index in [2.05, 4.69) is 33.0 Å². The number of carbonyl (C=O) groups is 1. The summed E-state index contributed by atoms with van der Waals surface area (Å²) in [4.78, 5) is 13.7. The first-order chi connectivity index (χ1) is 13.2. The van der Waals surface area contributed by atoms with E-state index in [4.69, 9.17) is 0 Å². The second-order valence-corrected chi connectivity index (χ2v) is 7.87. The maximum absolute atomic E-state index is 12.5. The van der Waals surface area contributed by atoms with Gasteiger partial charge in [0.1, 0.15) is 0 Å². The van der Waals surface area contributed by atoms with Crippen LogP contribution in [0.1, 0.15) is 25.8 Å². The predicted molar refractivity (Wildman–Crippen MR) is 106 cm³/mol. The second kappa shape index (κ2) is 7.92. The molecule has 1 aliphatic rings. The molecule has 1 unspecified atom stereocenters. The Kier molecular flexibility index (Phi) is 5.20. The van der Waals surface area contributed by atoms with Crippen molar-refractivity contribution >= 4 is 23.4 Å². The molecule has 0 bridgehead atoms. The molecule has 1 aromatic heterocycles. The number of carbonyl (C=O) groups excluding carboxylic acids is 1. The van der Waals surface area contributed by atoms with Gasteiger partial charge in [0.15, 0.2) is 5.82 Å². The first-order valence-corrected chi connectivity index (χ1v) is 10.1. The first-order valence-electron chi connectivity index (χ1n) is 9.08. The molecule has 0 saturated heterocycles. The number of anilines is 1. The highest BCUT2D eigenvalue weighted by molar-refractivity contribution is 7.99. The maximum atomic E-state index is 12.5. The molecule has 138 valence electrons. The Morgan fingerprint density at radius 1 is 1.22 bits per heavy atom. The lowest BCUT2D eigenvalue weighted by Gasteiger charge is -2.13. The van der Waals surface area contributed by atoms with E-state index in [9.17, 15) is 4.79 Å². The third-order valence-electron chi connectivity index (χ3n) is 4.46. The molecule has 6 nitrogen and oxygen atoms in total. The molecule has 2 aromatic carbocycles. The van der Waals surface area contributed by atoms with Crippen molar-refractivity contribution in [1.82, 2.24) is 20.2 Å². The van der Waals surface area contributed by atoms with Gasteiger partial charge in [-0.25, -0.2) is 4.68 Å². The standard InChI is InChI=1S/C20H21N5OS/c1-14(13-27-18-8-3-2-4-9-18)20(26)21-16-7-5-6-15(12-16)19-22-23-24-25(19)17-10-11-17/h2-9,12,14,17H,10-11,13H2,1H3,(H,21,26). The second-order valence-electron chi connectivity index (χ2n) is 6.77. The highest BCUT2D eigenvalue weighted by Crippen LogP contribution is 2.36. The highest BCUT2D eigenvalue weighted by Gasteiger charge is 2.28. The van der Waals surface area contributed by atoms with Crippen LogP contribution in [-0.4, -0.2) is 31.9 Å². The first kappa shape index (κ1) is 17.7. The van der Waals surface area contributed by atoms with Crippen LogP contribution in [0.25, 0.3) is 11.4 Å². The number of thioether (sulfide) groups is 1. The highest BCUT2D eigenvalue weighted by atomic mass is 32.2. The molecular formula is C20H21N5OS. The maximum Gasteiger partial charge on any atom is 0.228 e. The van der Waals surface area contributed by atoms with Crippen molar-refractivity contribution in [3.8, 4) is 11.4 Å². The normalized spacial score (nSPS) is 14.7. The molecule has 1 aliphatic carbocycles. The summed E-state index contributed by atoms with van der Waals surface area (Å²) in [5.41, 5.74) is 1.68. The predicted octanol–water partition coefficient (Wildman–Crippen LogP) is 4.04. The number of tetrazole rings is 1. The molecule has 0 spiro atoms. The average Bonchev–Trinajstić information content (AvgIpc) is 3.43. The molecule has 1 N–H and O–H groups in total. The van der Waals surface area contributed by atoms with Gasteiger partial charge in [-0.2, -0.15) is 0 Å². The minimum atomic E-state index is -0.101. The molecule has 1 atom stereocenters. The summed E-state index contributed by atoms with van der Waals surface area (Å²) in [5, 5.41) is 15.1. The Morgan fingerprint density at radius 2 is 2.04 bits per heavy atom. The molecule has 1 amide bonds. The number of nitrogens with zero attached hydrogens (tertiary/aromatic N) is 4. The van der Waals surface area contributed by atoms with Crippen molar-refractivity contribution in [2.75, 3.05) is 11.1 Å². The Labute approximate surface area is 162 Å². The zero-order valence-corrected chi connectivity index (χ0v) is 15.9. The number of amides is 1. The average molecular weight is 379 g/mol. The van der Waals surface area contributed by atoms with Crippen LogP contribution in [0.15, 0.2) is 59.5 Å². The third kappa shape index (κ3) is 4.36. The Balaban J connectivity index is 1.40. The number of benzene rings is 2. The molecule has 4 rings (SSSR count). The quantitative estimate of drug-likeness (QED) is 0.627. The van der Waals surface area contributed by atoms with Crippen molar-refractivity contribution < 1.29 is 4.79 Å². The molecule has 1 fully saturated rings. The zero-order valence-electron chi connectivity index (χ0n) is 15.1. The lowest BCUT2D eigenvalue weighted by atomic mass is 10.1. The third-order valence-corrected chi connectivity index (χ3v) is 5.74. The van der Waals surface area contributed by atoms with Crippen LogP contribution in [0, 0.1) is 5.92 Å². The molecular weight excluding hydrogens is 358 g/mol. The fourth-order valence-electron chi connectivity index (χ4n) is 2.76. The summed E-state index contributed by atoms with van der Waals surface area (Å²) in [6.07, 6.45) is 2.23. The smallest absolute Gasteiger partial charge is 0.228 e. The van der Waals surface area contributed by atoms with Crippen LogP contribution < -0.4 is 5.32 Å². The minimum absolute atomic E-state index is 0.0114. The van der Waals surface area contributed by atoms with Crippen LogP contribution in [0.5, 0.6) is 0 Å². The van der Waals surface area contributed by atoms with Crippen molar-refractivity contribution in [3.05, 3.63) is 54.6 Å². The van der Waals surface area contributed by atoms with E-state index in [1.807, 2.05) is 54.1 Å². The molecule has 0 radical (unpaired) electrons. The Bertz CT molecular complexity index is 923. The van der Waals surface area contributed by atoms with Crippen LogP contribution in [0.3, 0.4) is 0 Å². The zero-order chi connectivity index (χ0) is 18.6. The van der Waals surface area contributed by atoms with Gasteiger partial charge in [0.25, 0.3) is 0 Å². The van der Waals surface area contributed by atoms with E-state index in [1.54, 1.807) is 11.8 Å². The van der Waals surface area contributed by atoms with E-state index >= 15 is 0 Å². The summed E-state index contributed by atoms with van der Waals surface area (Å²) >= 11 is 1.69. The summed E-state index contributed by atoms with van der Waals surface area (Å²) in [6.45, 7) is 1.95. The number of rotatable bonds is 7. The fraction of sp³-hybridized carbons (Fsp3) is 0.300. The van der Waals surface area contributed by atoms with Crippen molar-refractivity contribution in [1.29, 1.82) is 0 Å².